The van der Waals surface area contributed by atoms with Gasteiger partial charge in [0.05, 0.1) is 18.4 Å². The Morgan fingerprint density at radius 2 is 1.92 bits per heavy atom. The largest absolute Gasteiger partial charge is 0.495 e. The summed E-state index contributed by atoms with van der Waals surface area (Å²) in [4.78, 5) is 16.8. The molecule has 5 nitrogen and oxygen atoms in total. The second kappa shape index (κ2) is 7.44. The third kappa shape index (κ3) is 3.92. The number of pyridine rings is 1. The first-order valence-corrected chi connectivity index (χ1v) is 7.59. The Balaban J connectivity index is 1.86. The number of aromatic nitrogens is 1. The van der Waals surface area contributed by atoms with Crippen molar-refractivity contribution in [2.45, 2.75) is 0 Å². The molecule has 6 heteroatoms. The van der Waals surface area contributed by atoms with E-state index in [1.54, 1.807) is 37.6 Å². The van der Waals surface area contributed by atoms with Gasteiger partial charge in [0.15, 0.2) is 0 Å². The van der Waals surface area contributed by atoms with Gasteiger partial charge in [-0.05, 0) is 42.5 Å². The number of methoxy groups -OCH3 is 1. The lowest BCUT2D eigenvalue weighted by molar-refractivity contribution is 0.102. The van der Waals surface area contributed by atoms with Crippen molar-refractivity contribution in [1.29, 1.82) is 0 Å². The highest BCUT2D eigenvalue weighted by molar-refractivity contribution is 6.07. The zero-order valence-electron chi connectivity index (χ0n) is 13.5. The summed E-state index contributed by atoms with van der Waals surface area (Å²) in [5.74, 6) is 0.193. The highest BCUT2D eigenvalue weighted by atomic mass is 19.1. The van der Waals surface area contributed by atoms with Crippen LogP contribution < -0.4 is 15.4 Å². The van der Waals surface area contributed by atoms with Crippen LogP contribution in [0, 0.1) is 5.82 Å². The standard InChI is InChI=1S/C19H16FN3O2/c1-25-17-10-3-2-9-16(17)23-18-15(8-5-11-21-18)19(24)22-14-7-4-6-13(20)12-14/h2-12H,1H3,(H,21,23)(H,22,24). The maximum absolute atomic E-state index is 13.3. The summed E-state index contributed by atoms with van der Waals surface area (Å²) in [5, 5.41) is 5.76. The number of halogens is 1. The molecule has 3 aromatic rings. The number of para-hydroxylation sites is 2. The molecule has 3 rings (SSSR count). The molecule has 1 amide bonds. The zero-order chi connectivity index (χ0) is 17.6. The van der Waals surface area contributed by atoms with Crippen molar-refractivity contribution in [2.75, 3.05) is 17.7 Å². The van der Waals surface area contributed by atoms with E-state index in [1.165, 1.54) is 18.2 Å². The molecule has 0 atom stereocenters. The van der Waals surface area contributed by atoms with E-state index in [0.717, 1.165) is 0 Å². The third-order valence-electron chi connectivity index (χ3n) is 3.49. The highest BCUT2D eigenvalue weighted by Crippen LogP contribution is 2.27. The number of carbonyl (C=O) groups is 1. The topological polar surface area (TPSA) is 63.2 Å². The lowest BCUT2D eigenvalue weighted by atomic mass is 10.2. The predicted octanol–water partition coefficient (Wildman–Crippen LogP) is 4.23. The van der Waals surface area contributed by atoms with Gasteiger partial charge < -0.3 is 15.4 Å². The van der Waals surface area contributed by atoms with Crippen LogP contribution in [0.4, 0.5) is 21.6 Å². The predicted molar refractivity (Wildman–Crippen MR) is 94.9 cm³/mol. The molecular weight excluding hydrogens is 321 g/mol. The van der Waals surface area contributed by atoms with Gasteiger partial charge in [0.25, 0.3) is 5.91 Å². The Bertz CT molecular complexity index is 899. The lowest BCUT2D eigenvalue weighted by Crippen LogP contribution is -2.14. The minimum absolute atomic E-state index is 0.331. The van der Waals surface area contributed by atoms with Gasteiger partial charge in [-0.25, -0.2) is 9.37 Å². The molecule has 0 saturated carbocycles. The maximum atomic E-state index is 13.3. The average molecular weight is 337 g/mol. The number of rotatable bonds is 5. The molecule has 0 radical (unpaired) electrons. The van der Waals surface area contributed by atoms with Crippen molar-refractivity contribution in [1.82, 2.24) is 4.98 Å². The first-order valence-electron chi connectivity index (χ1n) is 7.59. The van der Waals surface area contributed by atoms with E-state index >= 15 is 0 Å². The van der Waals surface area contributed by atoms with Crippen molar-refractivity contribution in [3.05, 3.63) is 78.2 Å². The molecular formula is C19H16FN3O2. The molecule has 2 N–H and O–H groups in total. The third-order valence-corrected chi connectivity index (χ3v) is 3.49. The molecule has 0 saturated heterocycles. The summed E-state index contributed by atoms with van der Waals surface area (Å²) in [6, 6.07) is 16.3. The van der Waals surface area contributed by atoms with Crippen LogP contribution >= 0.6 is 0 Å². The van der Waals surface area contributed by atoms with Gasteiger partial charge in [0, 0.05) is 11.9 Å². The van der Waals surface area contributed by atoms with Crippen LogP contribution in [0.25, 0.3) is 0 Å². The summed E-state index contributed by atoms with van der Waals surface area (Å²) in [6.07, 6.45) is 1.58. The smallest absolute Gasteiger partial charge is 0.259 e. The van der Waals surface area contributed by atoms with Gasteiger partial charge in [0.2, 0.25) is 0 Å². The van der Waals surface area contributed by atoms with Crippen LogP contribution in [0.5, 0.6) is 5.75 Å². The second-order valence-corrected chi connectivity index (χ2v) is 5.19. The van der Waals surface area contributed by atoms with Crippen LogP contribution in [0.1, 0.15) is 10.4 Å². The number of ether oxygens (including phenoxy) is 1. The van der Waals surface area contributed by atoms with E-state index in [9.17, 15) is 9.18 Å². The van der Waals surface area contributed by atoms with Crippen LogP contribution in [0.15, 0.2) is 66.9 Å². The molecule has 0 aliphatic heterocycles. The second-order valence-electron chi connectivity index (χ2n) is 5.19. The van der Waals surface area contributed by atoms with Gasteiger partial charge in [-0.1, -0.05) is 18.2 Å². The Hall–Kier alpha value is -3.41. The number of hydrogen-bond donors (Lipinski definition) is 2. The Morgan fingerprint density at radius 1 is 1.08 bits per heavy atom. The van der Waals surface area contributed by atoms with Crippen molar-refractivity contribution >= 4 is 23.1 Å². The fraction of sp³-hybridized carbons (Fsp3) is 0.0526. The average Bonchev–Trinajstić information content (AvgIpc) is 2.62. The Labute approximate surface area is 144 Å². The van der Waals surface area contributed by atoms with E-state index in [-0.39, 0.29) is 0 Å². The number of carbonyl (C=O) groups excluding carboxylic acids is 1. The van der Waals surface area contributed by atoms with Crippen LogP contribution in [-0.2, 0) is 0 Å². The summed E-state index contributed by atoms with van der Waals surface area (Å²) in [7, 11) is 1.57. The summed E-state index contributed by atoms with van der Waals surface area (Å²) in [6.45, 7) is 0. The Morgan fingerprint density at radius 3 is 2.72 bits per heavy atom. The van der Waals surface area contributed by atoms with Crippen molar-refractivity contribution in [3.8, 4) is 5.75 Å². The highest BCUT2D eigenvalue weighted by Gasteiger charge is 2.14. The van der Waals surface area contributed by atoms with Gasteiger partial charge >= 0.3 is 0 Å². The summed E-state index contributed by atoms with van der Waals surface area (Å²) >= 11 is 0. The van der Waals surface area contributed by atoms with Crippen molar-refractivity contribution in [3.63, 3.8) is 0 Å². The molecule has 0 fully saturated rings. The van der Waals surface area contributed by atoms with Gasteiger partial charge in [-0.3, -0.25) is 4.79 Å². The van der Waals surface area contributed by atoms with Crippen molar-refractivity contribution in [2.24, 2.45) is 0 Å². The molecule has 0 aliphatic carbocycles. The fourth-order valence-corrected chi connectivity index (χ4v) is 2.33. The van der Waals surface area contributed by atoms with Crippen molar-refractivity contribution < 1.29 is 13.9 Å². The molecule has 0 aliphatic rings. The molecule has 0 spiro atoms. The van der Waals surface area contributed by atoms with E-state index in [1.807, 2.05) is 18.2 Å². The molecule has 0 unspecified atom stereocenters. The van der Waals surface area contributed by atoms with E-state index in [0.29, 0.717) is 28.5 Å². The number of nitrogens with zero attached hydrogens (tertiary/aromatic N) is 1. The lowest BCUT2D eigenvalue weighted by Gasteiger charge is -2.13. The Kier molecular flexibility index (Phi) is 4.89. The summed E-state index contributed by atoms with van der Waals surface area (Å²) in [5.41, 5.74) is 1.39. The van der Waals surface area contributed by atoms with E-state index in [2.05, 4.69) is 15.6 Å². The fourth-order valence-electron chi connectivity index (χ4n) is 2.33. The SMILES string of the molecule is COc1ccccc1Nc1ncccc1C(=O)Nc1cccc(F)c1. The number of hydrogen-bond acceptors (Lipinski definition) is 4. The van der Waals surface area contributed by atoms with Gasteiger partial charge in [-0.15, -0.1) is 0 Å². The molecule has 0 bridgehead atoms. The van der Waals surface area contributed by atoms with Crippen LogP contribution in [0.3, 0.4) is 0 Å². The minimum atomic E-state index is -0.420. The van der Waals surface area contributed by atoms with Gasteiger partial charge in [-0.2, -0.15) is 0 Å². The minimum Gasteiger partial charge on any atom is -0.495 e. The van der Waals surface area contributed by atoms with Crippen LogP contribution in [-0.4, -0.2) is 18.0 Å². The number of benzene rings is 2. The first-order chi connectivity index (χ1) is 12.2. The van der Waals surface area contributed by atoms with E-state index < -0.39 is 11.7 Å². The normalized spacial score (nSPS) is 10.2. The van der Waals surface area contributed by atoms with Crippen LogP contribution in [0.2, 0.25) is 0 Å². The number of anilines is 3. The summed E-state index contributed by atoms with van der Waals surface area (Å²) < 4.78 is 18.6. The molecule has 1 aromatic heterocycles. The quantitative estimate of drug-likeness (QED) is 0.731. The monoisotopic (exact) mass is 337 g/mol. The molecule has 1 heterocycles. The molecule has 126 valence electrons. The maximum Gasteiger partial charge on any atom is 0.259 e. The molecule has 2 aromatic carbocycles. The zero-order valence-corrected chi connectivity index (χ0v) is 13.5. The number of nitrogens with one attached hydrogen (secondary N) is 2. The first kappa shape index (κ1) is 16.4. The van der Waals surface area contributed by atoms with E-state index in [4.69, 9.17) is 4.74 Å². The molecule has 25 heavy (non-hydrogen) atoms. The number of amides is 1. The van der Waals surface area contributed by atoms with Gasteiger partial charge in [0.1, 0.15) is 17.4 Å².